The van der Waals surface area contributed by atoms with Gasteiger partial charge in [0.15, 0.2) is 0 Å². The lowest BCUT2D eigenvalue weighted by Gasteiger charge is -2.43. The highest BCUT2D eigenvalue weighted by atomic mass is 16.5. The Morgan fingerprint density at radius 1 is 1.56 bits per heavy atom. The number of rotatable bonds is 6. The number of aromatic nitrogens is 2. The van der Waals surface area contributed by atoms with Gasteiger partial charge < -0.3 is 14.8 Å². The number of nitrogens with zero attached hydrogens (tertiary/aromatic N) is 2. The van der Waals surface area contributed by atoms with E-state index in [0.29, 0.717) is 12.1 Å². The molecular formula is C13H23N3O2. The molecule has 0 amide bonds. The summed E-state index contributed by atoms with van der Waals surface area (Å²) in [5, 5.41) is 7.77. The van der Waals surface area contributed by atoms with Crippen LogP contribution in [0.15, 0.2) is 12.4 Å². The summed E-state index contributed by atoms with van der Waals surface area (Å²) in [6.45, 7) is 6.98. The summed E-state index contributed by atoms with van der Waals surface area (Å²) in [4.78, 5) is 0. The van der Waals surface area contributed by atoms with Crippen LogP contribution >= 0.6 is 0 Å². The lowest BCUT2D eigenvalue weighted by molar-refractivity contribution is -0.118. The standard InChI is InChI=1S/C13H23N3O2/c1-5-18-12-6-11(13(12)17-4)15-10-7-14-16(8-10)9(2)3/h7-9,11-13,15H,5-6H2,1-4H3. The minimum atomic E-state index is 0.132. The van der Waals surface area contributed by atoms with Gasteiger partial charge in [-0.15, -0.1) is 0 Å². The number of hydrogen-bond donors (Lipinski definition) is 1. The van der Waals surface area contributed by atoms with Gasteiger partial charge >= 0.3 is 0 Å². The Morgan fingerprint density at radius 2 is 2.33 bits per heavy atom. The van der Waals surface area contributed by atoms with Crippen molar-refractivity contribution in [3.63, 3.8) is 0 Å². The highest BCUT2D eigenvalue weighted by Gasteiger charge is 2.42. The first-order valence-electron chi connectivity index (χ1n) is 6.60. The summed E-state index contributed by atoms with van der Waals surface area (Å²) in [5.41, 5.74) is 1.05. The molecule has 1 heterocycles. The predicted molar refractivity (Wildman–Crippen MR) is 70.9 cm³/mol. The van der Waals surface area contributed by atoms with Gasteiger partial charge in [0.25, 0.3) is 0 Å². The van der Waals surface area contributed by atoms with Crippen molar-refractivity contribution in [1.29, 1.82) is 0 Å². The van der Waals surface area contributed by atoms with Gasteiger partial charge in [-0.05, 0) is 27.2 Å². The van der Waals surface area contributed by atoms with Crippen molar-refractivity contribution in [1.82, 2.24) is 9.78 Å². The van der Waals surface area contributed by atoms with Gasteiger partial charge in [-0.2, -0.15) is 5.10 Å². The molecule has 5 heteroatoms. The molecule has 0 bridgehead atoms. The Morgan fingerprint density at radius 3 is 2.89 bits per heavy atom. The normalized spacial score (nSPS) is 27.3. The largest absolute Gasteiger partial charge is 0.377 e. The van der Waals surface area contributed by atoms with Crippen LogP contribution in [0.2, 0.25) is 0 Å². The van der Waals surface area contributed by atoms with Crippen molar-refractivity contribution in [2.24, 2.45) is 0 Å². The van der Waals surface area contributed by atoms with Crippen molar-refractivity contribution in [2.75, 3.05) is 19.0 Å². The molecule has 0 aromatic carbocycles. The Kier molecular flexibility index (Phi) is 4.24. The van der Waals surface area contributed by atoms with E-state index in [1.165, 1.54) is 0 Å². The fraction of sp³-hybridized carbons (Fsp3) is 0.769. The molecule has 5 nitrogen and oxygen atoms in total. The Bertz CT molecular complexity index is 378. The highest BCUT2D eigenvalue weighted by Crippen LogP contribution is 2.29. The molecule has 18 heavy (non-hydrogen) atoms. The first-order chi connectivity index (χ1) is 8.65. The van der Waals surface area contributed by atoms with Crippen LogP contribution in [0.25, 0.3) is 0 Å². The van der Waals surface area contributed by atoms with Crippen molar-refractivity contribution in [3.05, 3.63) is 12.4 Å². The molecule has 1 aromatic rings. The summed E-state index contributed by atoms with van der Waals surface area (Å²) >= 11 is 0. The second kappa shape index (κ2) is 5.71. The molecule has 3 atom stereocenters. The Labute approximate surface area is 108 Å². The fourth-order valence-electron chi connectivity index (χ4n) is 2.32. The molecule has 1 saturated carbocycles. The summed E-state index contributed by atoms with van der Waals surface area (Å²) in [6.07, 6.45) is 5.23. The molecule has 102 valence electrons. The third-order valence-electron chi connectivity index (χ3n) is 3.38. The first-order valence-corrected chi connectivity index (χ1v) is 6.60. The minimum absolute atomic E-state index is 0.132. The molecule has 1 N–H and O–H groups in total. The molecule has 1 aliphatic rings. The topological polar surface area (TPSA) is 48.3 Å². The van der Waals surface area contributed by atoms with Crippen LogP contribution in [-0.2, 0) is 9.47 Å². The maximum absolute atomic E-state index is 5.61. The van der Waals surface area contributed by atoms with Gasteiger partial charge in [0.05, 0.1) is 24.0 Å². The summed E-state index contributed by atoms with van der Waals surface area (Å²) < 4.78 is 13.0. The molecule has 1 fully saturated rings. The maximum Gasteiger partial charge on any atom is 0.103 e. The van der Waals surface area contributed by atoms with E-state index >= 15 is 0 Å². The van der Waals surface area contributed by atoms with E-state index in [0.717, 1.165) is 18.7 Å². The van der Waals surface area contributed by atoms with Crippen LogP contribution in [0.5, 0.6) is 0 Å². The van der Waals surface area contributed by atoms with Gasteiger partial charge in [-0.25, -0.2) is 0 Å². The van der Waals surface area contributed by atoms with E-state index in [9.17, 15) is 0 Å². The molecule has 1 aliphatic carbocycles. The second-order valence-corrected chi connectivity index (χ2v) is 4.98. The lowest BCUT2D eigenvalue weighted by Crippen LogP contribution is -2.56. The van der Waals surface area contributed by atoms with E-state index in [-0.39, 0.29) is 12.2 Å². The average molecular weight is 253 g/mol. The van der Waals surface area contributed by atoms with Crippen LogP contribution < -0.4 is 5.32 Å². The average Bonchev–Trinajstić information content (AvgIpc) is 2.76. The zero-order valence-electron chi connectivity index (χ0n) is 11.6. The fourth-order valence-corrected chi connectivity index (χ4v) is 2.32. The zero-order valence-corrected chi connectivity index (χ0v) is 11.6. The smallest absolute Gasteiger partial charge is 0.103 e. The summed E-state index contributed by atoms with van der Waals surface area (Å²) in [6, 6.07) is 0.702. The van der Waals surface area contributed by atoms with E-state index in [1.807, 2.05) is 24.0 Å². The Balaban J connectivity index is 1.90. The van der Waals surface area contributed by atoms with E-state index in [1.54, 1.807) is 7.11 Å². The summed E-state index contributed by atoms with van der Waals surface area (Å²) in [7, 11) is 1.74. The van der Waals surface area contributed by atoms with Gasteiger partial charge in [-0.3, -0.25) is 4.68 Å². The van der Waals surface area contributed by atoms with Crippen molar-refractivity contribution in [3.8, 4) is 0 Å². The lowest BCUT2D eigenvalue weighted by atomic mass is 9.85. The number of methoxy groups -OCH3 is 1. The predicted octanol–water partition coefficient (Wildman–Crippen LogP) is 2.07. The maximum atomic E-state index is 5.61. The van der Waals surface area contributed by atoms with Crippen molar-refractivity contribution >= 4 is 5.69 Å². The van der Waals surface area contributed by atoms with Crippen LogP contribution in [0.1, 0.15) is 33.2 Å². The van der Waals surface area contributed by atoms with Crippen LogP contribution in [0.3, 0.4) is 0 Å². The van der Waals surface area contributed by atoms with Crippen LogP contribution in [0, 0.1) is 0 Å². The van der Waals surface area contributed by atoms with Crippen LogP contribution in [-0.4, -0.2) is 41.7 Å². The molecule has 3 unspecified atom stereocenters. The second-order valence-electron chi connectivity index (χ2n) is 4.98. The zero-order chi connectivity index (χ0) is 13.1. The summed E-state index contributed by atoms with van der Waals surface area (Å²) in [5.74, 6) is 0. The van der Waals surface area contributed by atoms with Gasteiger partial charge in [0.1, 0.15) is 6.10 Å². The Hall–Kier alpha value is -1.07. The van der Waals surface area contributed by atoms with E-state index < -0.39 is 0 Å². The third-order valence-corrected chi connectivity index (χ3v) is 3.38. The number of ether oxygens (including phenoxy) is 2. The molecule has 1 aromatic heterocycles. The molecule has 0 aliphatic heterocycles. The third kappa shape index (κ3) is 2.67. The quantitative estimate of drug-likeness (QED) is 0.843. The van der Waals surface area contributed by atoms with Crippen molar-refractivity contribution < 1.29 is 9.47 Å². The van der Waals surface area contributed by atoms with Gasteiger partial charge in [0.2, 0.25) is 0 Å². The number of nitrogens with one attached hydrogen (secondary N) is 1. The van der Waals surface area contributed by atoms with Crippen LogP contribution in [0.4, 0.5) is 5.69 Å². The first kappa shape index (κ1) is 13.4. The number of hydrogen-bond acceptors (Lipinski definition) is 4. The van der Waals surface area contributed by atoms with Crippen molar-refractivity contribution in [2.45, 2.75) is 51.5 Å². The van der Waals surface area contributed by atoms with Gasteiger partial charge in [0, 0.05) is 26.0 Å². The SMILES string of the molecule is CCOC1CC(Nc2cnn(C(C)C)c2)C1OC. The molecule has 0 radical (unpaired) electrons. The monoisotopic (exact) mass is 253 g/mol. The highest BCUT2D eigenvalue weighted by molar-refractivity contribution is 5.41. The number of anilines is 1. The van der Waals surface area contributed by atoms with E-state index in [4.69, 9.17) is 9.47 Å². The van der Waals surface area contributed by atoms with Gasteiger partial charge in [-0.1, -0.05) is 0 Å². The molecular weight excluding hydrogens is 230 g/mol. The molecule has 0 saturated heterocycles. The van der Waals surface area contributed by atoms with E-state index in [2.05, 4.69) is 24.3 Å². The molecule has 0 spiro atoms. The molecule has 2 rings (SSSR count). The minimum Gasteiger partial charge on any atom is -0.377 e.